The van der Waals surface area contributed by atoms with Crippen LogP contribution in [0.1, 0.15) is 27.2 Å². The van der Waals surface area contributed by atoms with Crippen LogP contribution in [0.3, 0.4) is 0 Å². The summed E-state index contributed by atoms with van der Waals surface area (Å²) in [6.45, 7) is 12.3. The molecule has 0 saturated carbocycles. The summed E-state index contributed by atoms with van der Waals surface area (Å²) in [7, 11) is 0. The van der Waals surface area contributed by atoms with Crippen LogP contribution < -0.4 is 0 Å². The molecule has 0 amide bonds. The van der Waals surface area contributed by atoms with Crippen LogP contribution in [0.2, 0.25) is 0 Å². The predicted molar refractivity (Wildman–Crippen MR) is 55.9 cm³/mol. The van der Waals surface area contributed by atoms with E-state index in [0.717, 1.165) is 38.1 Å². The van der Waals surface area contributed by atoms with Crippen molar-refractivity contribution in [2.75, 3.05) is 32.8 Å². The largest absolute Gasteiger partial charge is 0.379 e. The maximum Gasteiger partial charge on any atom is 0.0594 e. The number of morpholine rings is 1. The summed E-state index contributed by atoms with van der Waals surface area (Å²) in [4.78, 5) is 2.54. The van der Waals surface area contributed by atoms with E-state index >= 15 is 0 Å². The molecule has 1 rings (SSSR count). The number of hydrogen-bond donors (Lipinski definition) is 0. The lowest BCUT2D eigenvalue weighted by molar-refractivity contribution is 0.0267. The summed E-state index contributed by atoms with van der Waals surface area (Å²) in [6, 6.07) is 0. The van der Waals surface area contributed by atoms with Gasteiger partial charge in [0.1, 0.15) is 0 Å². The van der Waals surface area contributed by atoms with Gasteiger partial charge >= 0.3 is 0 Å². The van der Waals surface area contributed by atoms with E-state index in [1.807, 2.05) is 0 Å². The summed E-state index contributed by atoms with van der Waals surface area (Å²) < 4.78 is 5.33. The minimum absolute atomic E-state index is 0.813. The van der Waals surface area contributed by atoms with E-state index in [2.05, 4.69) is 25.7 Å². The highest BCUT2D eigenvalue weighted by Gasteiger charge is 2.17. The summed E-state index contributed by atoms with van der Waals surface area (Å²) in [5, 5.41) is 0. The first kappa shape index (κ1) is 11.0. The zero-order valence-electron chi connectivity index (χ0n) is 9.25. The molecular weight excluding hydrogens is 162 g/mol. The maximum atomic E-state index is 5.33. The topological polar surface area (TPSA) is 12.5 Å². The zero-order valence-corrected chi connectivity index (χ0v) is 9.25. The summed E-state index contributed by atoms with van der Waals surface area (Å²) in [5.74, 6) is 1.67. The van der Waals surface area contributed by atoms with Gasteiger partial charge in [-0.1, -0.05) is 27.2 Å². The van der Waals surface area contributed by atoms with E-state index < -0.39 is 0 Å². The van der Waals surface area contributed by atoms with Crippen molar-refractivity contribution >= 4 is 0 Å². The number of nitrogens with zero attached hydrogens (tertiary/aromatic N) is 1. The molecule has 1 saturated heterocycles. The van der Waals surface area contributed by atoms with Gasteiger partial charge in [-0.15, -0.1) is 0 Å². The fraction of sp³-hybridized carbons (Fsp3) is 1.00. The molecule has 0 aliphatic carbocycles. The van der Waals surface area contributed by atoms with Crippen molar-refractivity contribution in [2.24, 2.45) is 11.8 Å². The highest BCUT2D eigenvalue weighted by molar-refractivity contribution is 4.69. The summed E-state index contributed by atoms with van der Waals surface area (Å²) in [5.41, 5.74) is 0. The molecule has 13 heavy (non-hydrogen) atoms. The average Bonchev–Trinajstić information content (AvgIpc) is 2.15. The van der Waals surface area contributed by atoms with E-state index in [9.17, 15) is 0 Å². The first-order chi connectivity index (χ1) is 6.24. The Bertz CT molecular complexity index is 130. The van der Waals surface area contributed by atoms with E-state index in [0.29, 0.717) is 0 Å². The maximum absolute atomic E-state index is 5.33. The fourth-order valence-corrected chi connectivity index (χ4v) is 1.93. The van der Waals surface area contributed by atoms with Crippen molar-refractivity contribution in [3.63, 3.8) is 0 Å². The Kier molecular flexibility index (Phi) is 4.74. The second-order valence-corrected chi connectivity index (χ2v) is 4.33. The van der Waals surface area contributed by atoms with Gasteiger partial charge in [0.15, 0.2) is 0 Å². The molecule has 0 aromatic heterocycles. The van der Waals surface area contributed by atoms with Crippen molar-refractivity contribution in [2.45, 2.75) is 27.2 Å². The Hall–Kier alpha value is -0.0800. The highest BCUT2D eigenvalue weighted by atomic mass is 16.5. The van der Waals surface area contributed by atoms with Crippen LogP contribution in [-0.2, 0) is 4.74 Å². The second-order valence-electron chi connectivity index (χ2n) is 4.33. The van der Waals surface area contributed by atoms with E-state index in [4.69, 9.17) is 4.74 Å². The van der Waals surface area contributed by atoms with Gasteiger partial charge in [0.25, 0.3) is 0 Å². The van der Waals surface area contributed by atoms with Gasteiger partial charge < -0.3 is 4.74 Å². The lowest BCUT2D eigenvalue weighted by Gasteiger charge is -2.31. The molecule has 1 atom stereocenters. The molecule has 0 aromatic carbocycles. The van der Waals surface area contributed by atoms with Gasteiger partial charge in [-0.2, -0.15) is 0 Å². The molecule has 2 heteroatoms. The summed E-state index contributed by atoms with van der Waals surface area (Å²) in [6.07, 6.45) is 1.30. The molecule has 1 fully saturated rings. The smallest absolute Gasteiger partial charge is 0.0594 e. The molecule has 2 nitrogen and oxygen atoms in total. The van der Waals surface area contributed by atoms with Crippen molar-refractivity contribution in [3.05, 3.63) is 0 Å². The first-order valence-corrected chi connectivity index (χ1v) is 5.54. The fourth-order valence-electron chi connectivity index (χ4n) is 1.93. The Balaban J connectivity index is 2.27. The van der Waals surface area contributed by atoms with Crippen LogP contribution in [0.5, 0.6) is 0 Å². The number of hydrogen-bond acceptors (Lipinski definition) is 2. The van der Waals surface area contributed by atoms with Gasteiger partial charge in [-0.25, -0.2) is 0 Å². The lowest BCUT2D eigenvalue weighted by Crippen LogP contribution is -2.40. The van der Waals surface area contributed by atoms with Gasteiger partial charge in [-0.05, 0) is 11.8 Å². The summed E-state index contributed by atoms with van der Waals surface area (Å²) >= 11 is 0. The minimum Gasteiger partial charge on any atom is -0.379 e. The van der Waals surface area contributed by atoms with Gasteiger partial charge in [0.05, 0.1) is 13.2 Å². The van der Waals surface area contributed by atoms with E-state index in [-0.39, 0.29) is 0 Å². The van der Waals surface area contributed by atoms with Crippen LogP contribution in [-0.4, -0.2) is 37.7 Å². The minimum atomic E-state index is 0.813. The molecule has 0 radical (unpaired) electrons. The Labute approximate surface area is 82.3 Å². The average molecular weight is 185 g/mol. The molecule has 1 aliphatic heterocycles. The molecular formula is C11H23NO. The zero-order chi connectivity index (χ0) is 9.68. The third-order valence-electron chi connectivity index (χ3n) is 3.06. The van der Waals surface area contributed by atoms with E-state index in [1.165, 1.54) is 13.0 Å². The van der Waals surface area contributed by atoms with Crippen molar-refractivity contribution < 1.29 is 4.74 Å². The van der Waals surface area contributed by atoms with Gasteiger partial charge in [0, 0.05) is 19.6 Å². The third-order valence-corrected chi connectivity index (χ3v) is 3.06. The molecule has 1 unspecified atom stereocenters. The highest BCUT2D eigenvalue weighted by Crippen LogP contribution is 2.16. The van der Waals surface area contributed by atoms with Crippen molar-refractivity contribution in [3.8, 4) is 0 Å². The van der Waals surface area contributed by atoms with Crippen LogP contribution in [0, 0.1) is 11.8 Å². The quantitative estimate of drug-likeness (QED) is 0.664. The normalized spacial score (nSPS) is 22.2. The Morgan fingerprint density at radius 2 is 1.85 bits per heavy atom. The van der Waals surface area contributed by atoms with Crippen molar-refractivity contribution in [1.82, 2.24) is 4.90 Å². The molecule has 0 N–H and O–H groups in total. The van der Waals surface area contributed by atoms with Crippen LogP contribution in [0.4, 0.5) is 0 Å². The van der Waals surface area contributed by atoms with Crippen LogP contribution in [0.25, 0.3) is 0 Å². The predicted octanol–water partition coefficient (Wildman–Crippen LogP) is 2.00. The van der Waals surface area contributed by atoms with E-state index in [1.54, 1.807) is 0 Å². The van der Waals surface area contributed by atoms with Gasteiger partial charge in [0.2, 0.25) is 0 Å². The van der Waals surface area contributed by atoms with Crippen LogP contribution in [0.15, 0.2) is 0 Å². The Morgan fingerprint density at radius 1 is 1.23 bits per heavy atom. The molecule has 0 aromatic rings. The number of rotatable bonds is 4. The molecule has 78 valence electrons. The SMILES string of the molecule is CCC(CN1CCOCC1)C(C)C. The third kappa shape index (κ3) is 3.65. The standard InChI is InChI=1S/C11H23NO/c1-4-11(10(2)3)9-12-5-7-13-8-6-12/h10-11H,4-9H2,1-3H3. The molecule has 1 heterocycles. The van der Waals surface area contributed by atoms with Gasteiger partial charge in [-0.3, -0.25) is 4.90 Å². The van der Waals surface area contributed by atoms with Crippen molar-refractivity contribution in [1.29, 1.82) is 0 Å². The first-order valence-electron chi connectivity index (χ1n) is 5.54. The lowest BCUT2D eigenvalue weighted by atomic mass is 9.92. The molecule has 0 spiro atoms. The molecule has 1 aliphatic rings. The molecule has 0 bridgehead atoms. The Morgan fingerprint density at radius 3 is 2.31 bits per heavy atom. The number of ether oxygens (including phenoxy) is 1. The van der Waals surface area contributed by atoms with Crippen LogP contribution >= 0.6 is 0 Å². The monoisotopic (exact) mass is 185 g/mol. The second kappa shape index (κ2) is 5.61.